The van der Waals surface area contributed by atoms with Gasteiger partial charge in [0.2, 0.25) is 0 Å². The first-order valence-electron chi connectivity index (χ1n) is 6.12. The molecule has 0 aliphatic carbocycles. The van der Waals surface area contributed by atoms with E-state index in [1.165, 1.54) is 0 Å². The van der Waals surface area contributed by atoms with Gasteiger partial charge >= 0.3 is 0 Å². The largest absolute Gasteiger partial charge is 0.321 e. The molecule has 0 fully saturated rings. The van der Waals surface area contributed by atoms with Gasteiger partial charge in [-0.25, -0.2) is 0 Å². The van der Waals surface area contributed by atoms with Gasteiger partial charge in [-0.1, -0.05) is 40.2 Å². The maximum Gasteiger partial charge on any atom is 0.258 e. The van der Waals surface area contributed by atoms with Crippen molar-refractivity contribution in [3.05, 3.63) is 58.8 Å². The molecule has 3 aromatic rings. The van der Waals surface area contributed by atoms with Crippen LogP contribution in [0.15, 0.2) is 53.3 Å². The Morgan fingerprint density at radius 2 is 1.95 bits per heavy atom. The highest BCUT2D eigenvalue weighted by atomic mass is 79.9. The second-order valence-corrected chi connectivity index (χ2v) is 5.35. The van der Waals surface area contributed by atoms with Crippen molar-refractivity contribution in [2.45, 2.75) is 0 Å². The van der Waals surface area contributed by atoms with E-state index in [1.807, 2.05) is 36.4 Å². The lowest BCUT2D eigenvalue weighted by molar-refractivity contribution is 0.102. The third kappa shape index (κ3) is 2.32. The standard InChI is InChI=1S/C15H12BrN3O/c1-19-9-10(8-17-19)15(20)18-14-7-6-13(16)11-4-2-3-5-12(11)14/h2-9H,1H3,(H,18,20). The van der Waals surface area contributed by atoms with Gasteiger partial charge in [-0.3, -0.25) is 9.48 Å². The number of halogens is 1. The van der Waals surface area contributed by atoms with Crippen LogP contribution >= 0.6 is 15.9 Å². The van der Waals surface area contributed by atoms with E-state index in [0.29, 0.717) is 5.56 Å². The molecule has 0 spiro atoms. The zero-order valence-corrected chi connectivity index (χ0v) is 12.4. The molecule has 4 nitrogen and oxygen atoms in total. The van der Waals surface area contributed by atoms with E-state index in [2.05, 4.69) is 26.3 Å². The molecule has 3 rings (SSSR count). The molecule has 0 saturated carbocycles. The van der Waals surface area contributed by atoms with Crippen molar-refractivity contribution in [2.24, 2.45) is 7.05 Å². The molecule has 0 aliphatic rings. The van der Waals surface area contributed by atoms with Crippen molar-refractivity contribution in [3.63, 3.8) is 0 Å². The molecule has 2 aromatic carbocycles. The van der Waals surface area contributed by atoms with Crippen LogP contribution in [0, 0.1) is 0 Å². The molecule has 0 saturated heterocycles. The van der Waals surface area contributed by atoms with Gasteiger partial charge in [-0.2, -0.15) is 5.10 Å². The highest BCUT2D eigenvalue weighted by Gasteiger charge is 2.10. The van der Waals surface area contributed by atoms with Crippen LogP contribution in [0.1, 0.15) is 10.4 Å². The smallest absolute Gasteiger partial charge is 0.258 e. The molecule has 0 bridgehead atoms. The van der Waals surface area contributed by atoms with Crippen molar-refractivity contribution in [1.82, 2.24) is 9.78 Å². The maximum atomic E-state index is 12.2. The van der Waals surface area contributed by atoms with E-state index >= 15 is 0 Å². The Hall–Kier alpha value is -2.14. The summed E-state index contributed by atoms with van der Waals surface area (Å²) in [6.45, 7) is 0. The molecule has 0 unspecified atom stereocenters. The second kappa shape index (κ2) is 5.09. The van der Waals surface area contributed by atoms with Crippen molar-refractivity contribution >= 4 is 38.3 Å². The third-order valence-electron chi connectivity index (χ3n) is 3.09. The van der Waals surface area contributed by atoms with E-state index < -0.39 is 0 Å². The Kier molecular flexibility index (Phi) is 3.28. The van der Waals surface area contributed by atoms with Gasteiger partial charge in [0.15, 0.2) is 0 Å². The highest BCUT2D eigenvalue weighted by molar-refractivity contribution is 9.10. The first-order valence-corrected chi connectivity index (χ1v) is 6.92. The Balaban J connectivity index is 1.99. The summed E-state index contributed by atoms with van der Waals surface area (Å²) in [5.74, 6) is -0.162. The molecule has 0 atom stereocenters. The van der Waals surface area contributed by atoms with E-state index in [-0.39, 0.29) is 5.91 Å². The number of amides is 1. The number of aromatic nitrogens is 2. The number of fused-ring (bicyclic) bond motifs is 1. The molecule has 1 aromatic heterocycles. The van der Waals surface area contributed by atoms with Gasteiger partial charge in [0.1, 0.15) is 0 Å². The summed E-state index contributed by atoms with van der Waals surface area (Å²) in [5.41, 5.74) is 1.33. The van der Waals surface area contributed by atoms with Crippen molar-refractivity contribution < 1.29 is 4.79 Å². The van der Waals surface area contributed by atoms with Gasteiger partial charge in [-0.15, -0.1) is 0 Å². The zero-order valence-electron chi connectivity index (χ0n) is 10.8. The average Bonchev–Trinajstić information content (AvgIpc) is 2.89. The summed E-state index contributed by atoms with van der Waals surface area (Å²) < 4.78 is 2.61. The minimum Gasteiger partial charge on any atom is -0.321 e. The summed E-state index contributed by atoms with van der Waals surface area (Å²) >= 11 is 3.52. The molecule has 100 valence electrons. The molecule has 0 radical (unpaired) electrons. The first kappa shape index (κ1) is 12.9. The minimum absolute atomic E-state index is 0.162. The molecular formula is C15H12BrN3O. The molecule has 1 N–H and O–H groups in total. The van der Waals surface area contributed by atoms with Gasteiger partial charge in [0.25, 0.3) is 5.91 Å². The summed E-state index contributed by atoms with van der Waals surface area (Å²) in [7, 11) is 1.78. The second-order valence-electron chi connectivity index (χ2n) is 4.50. The number of hydrogen-bond acceptors (Lipinski definition) is 2. The first-order chi connectivity index (χ1) is 9.65. The average molecular weight is 330 g/mol. The van der Waals surface area contributed by atoms with Gasteiger partial charge in [0, 0.05) is 28.8 Å². The molecule has 20 heavy (non-hydrogen) atoms. The lowest BCUT2D eigenvalue weighted by atomic mass is 10.1. The van der Waals surface area contributed by atoms with Gasteiger partial charge < -0.3 is 5.32 Å². The van der Waals surface area contributed by atoms with Crippen molar-refractivity contribution in [1.29, 1.82) is 0 Å². The number of carbonyl (C=O) groups excluding carboxylic acids is 1. The number of nitrogens with zero attached hydrogens (tertiary/aromatic N) is 2. The predicted octanol–water partition coefficient (Wildman–Crippen LogP) is 3.59. The number of benzene rings is 2. The highest BCUT2D eigenvalue weighted by Crippen LogP contribution is 2.30. The Morgan fingerprint density at radius 1 is 1.20 bits per heavy atom. The molecule has 1 heterocycles. The Morgan fingerprint density at radius 3 is 2.65 bits per heavy atom. The fourth-order valence-corrected chi connectivity index (χ4v) is 2.58. The number of carbonyl (C=O) groups is 1. The van der Waals surface area contributed by atoms with Crippen LogP contribution in [0.2, 0.25) is 0 Å². The predicted molar refractivity (Wildman–Crippen MR) is 82.8 cm³/mol. The fourth-order valence-electron chi connectivity index (χ4n) is 2.10. The van der Waals surface area contributed by atoms with E-state index in [4.69, 9.17) is 0 Å². The minimum atomic E-state index is -0.162. The molecular weight excluding hydrogens is 318 g/mol. The third-order valence-corrected chi connectivity index (χ3v) is 3.78. The van der Waals surface area contributed by atoms with E-state index in [0.717, 1.165) is 20.9 Å². The fraction of sp³-hybridized carbons (Fsp3) is 0.0667. The normalized spacial score (nSPS) is 10.7. The summed E-state index contributed by atoms with van der Waals surface area (Å²) in [6, 6.07) is 11.7. The topological polar surface area (TPSA) is 46.9 Å². The summed E-state index contributed by atoms with van der Waals surface area (Å²) in [4.78, 5) is 12.2. The SMILES string of the molecule is Cn1cc(C(=O)Nc2ccc(Br)c3ccccc23)cn1. The van der Waals surface area contributed by atoms with Crippen LogP contribution in [-0.4, -0.2) is 15.7 Å². The van der Waals surface area contributed by atoms with Crippen LogP contribution in [0.5, 0.6) is 0 Å². The van der Waals surface area contributed by atoms with Crippen LogP contribution in [0.25, 0.3) is 10.8 Å². The van der Waals surface area contributed by atoms with Crippen LogP contribution in [0.4, 0.5) is 5.69 Å². The van der Waals surface area contributed by atoms with Crippen molar-refractivity contribution in [3.8, 4) is 0 Å². The summed E-state index contributed by atoms with van der Waals surface area (Å²) in [6.07, 6.45) is 3.24. The van der Waals surface area contributed by atoms with Crippen molar-refractivity contribution in [2.75, 3.05) is 5.32 Å². The quantitative estimate of drug-likeness (QED) is 0.781. The lowest BCUT2D eigenvalue weighted by Crippen LogP contribution is -2.11. The lowest BCUT2D eigenvalue weighted by Gasteiger charge is -2.09. The molecule has 0 aliphatic heterocycles. The molecule has 5 heteroatoms. The number of nitrogens with one attached hydrogen (secondary N) is 1. The summed E-state index contributed by atoms with van der Waals surface area (Å²) in [5, 5.41) is 9.00. The zero-order chi connectivity index (χ0) is 14.1. The Labute approximate surface area is 124 Å². The number of anilines is 1. The van der Waals surface area contributed by atoms with Gasteiger partial charge in [-0.05, 0) is 17.5 Å². The van der Waals surface area contributed by atoms with Crippen LogP contribution in [-0.2, 0) is 7.05 Å². The maximum absolute atomic E-state index is 12.2. The van der Waals surface area contributed by atoms with E-state index in [1.54, 1.807) is 24.1 Å². The van der Waals surface area contributed by atoms with E-state index in [9.17, 15) is 4.79 Å². The number of hydrogen-bond donors (Lipinski definition) is 1. The molecule has 1 amide bonds. The van der Waals surface area contributed by atoms with Crippen LogP contribution in [0.3, 0.4) is 0 Å². The van der Waals surface area contributed by atoms with Crippen LogP contribution < -0.4 is 5.32 Å². The van der Waals surface area contributed by atoms with Gasteiger partial charge in [0.05, 0.1) is 11.8 Å². The number of aryl methyl sites for hydroxylation is 1. The Bertz CT molecular complexity index is 795. The monoisotopic (exact) mass is 329 g/mol. The number of rotatable bonds is 2.